The molecular weight excluding hydrogens is 205 g/mol. The van der Waals surface area contributed by atoms with E-state index in [4.69, 9.17) is 0 Å². The molecule has 2 nitrogen and oxygen atoms in total. The van der Waals surface area contributed by atoms with Crippen molar-refractivity contribution in [3.05, 3.63) is 29.6 Å². The topological polar surface area (TPSA) is 23.5 Å². The van der Waals surface area contributed by atoms with Crippen molar-refractivity contribution in [1.82, 2.24) is 0 Å². The number of anilines is 1. The van der Waals surface area contributed by atoms with Gasteiger partial charge in [-0.25, -0.2) is 4.39 Å². The molecule has 1 aromatic carbocycles. The Morgan fingerprint density at radius 3 is 2.62 bits per heavy atom. The molecule has 1 N–H and O–H groups in total. The number of hydrogen-bond acceptors (Lipinski definition) is 2. The molecule has 1 aliphatic rings. The van der Waals surface area contributed by atoms with E-state index in [9.17, 15) is 9.50 Å². The van der Waals surface area contributed by atoms with Crippen LogP contribution in [0, 0.1) is 5.82 Å². The van der Waals surface area contributed by atoms with E-state index in [2.05, 4.69) is 4.90 Å². The van der Waals surface area contributed by atoms with E-state index >= 15 is 0 Å². The van der Waals surface area contributed by atoms with Gasteiger partial charge >= 0.3 is 0 Å². The Morgan fingerprint density at radius 2 is 2.06 bits per heavy atom. The van der Waals surface area contributed by atoms with E-state index in [1.165, 1.54) is 0 Å². The second-order valence-corrected chi connectivity index (χ2v) is 4.53. The molecule has 0 saturated carbocycles. The van der Waals surface area contributed by atoms with Gasteiger partial charge in [-0.15, -0.1) is 0 Å². The summed E-state index contributed by atoms with van der Waals surface area (Å²) >= 11 is 0. The van der Waals surface area contributed by atoms with Crippen LogP contribution in [-0.2, 0) is 6.42 Å². The summed E-state index contributed by atoms with van der Waals surface area (Å²) in [4.78, 5) is 2.08. The molecule has 0 spiro atoms. The average molecular weight is 223 g/mol. The van der Waals surface area contributed by atoms with Gasteiger partial charge in [0.15, 0.2) is 0 Å². The van der Waals surface area contributed by atoms with Crippen LogP contribution >= 0.6 is 0 Å². The van der Waals surface area contributed by atoms with Crippen molar-refractivity contribution < 1.29 is 9.50 Å². The van der Waals surface area contributed by atoms with E-state index in [0.717, 1.165) is 31.5 Å². The predicted molar refractivity (Wildman–Crippen MR) is 63.2 cm³/mol. The maximum Gasteiger partial charge on any atom is 0.146 e. The summed E-state index contributed by atoms with van der Waals surface area (Å²) in [6, 6.07) is 5.28. The minimum absolute atomic E-state index is 0.167. The van der Waals surface area contributed by atoms with Gasteiger partial charge in [-0.05, 0) is 43.9 Å². The molecule has 0 bridgehead atoms. The Kier molecular flexibility index (Phi) is 3.44. The van der Waals surface area contributed by atoms with Crippen molar-refractivity contribution in [1.29, 1.82) is 0 Å². The molecular formula is C13H18FNO. The molecule has 0 amide bonds. The summed E-state index contributed by atoms with van der Waals surface area (Å²) in [5.41, 5.74) is 1.56. The van der Waals surface area contributed by atoms with Gasteiger partial charge in [-0.1, -0.05) is 6.07 Å². The van der Waals surface area contributed by atoms with E-state index < -0.39 is 6.10 Å². The van der Waals surface area contributed by atoms with Crippen LogP contribution in [-0.4, -0.2) is 24.3 Å². The van der Waals surface area contributed by atoms with Crippen molar-refractivity contribution in [2.45, 2.75) is 32.3 Å². The first-order valence-electron chi connectivity index (χ1n) is 5.88. The molecule has 16 heavy (non-hydrogen) atoms. The van der Waals surface area contributed by atoms with Crippen LogP contribution in [0.3, 0.4) is 0 Å². The summed E-state index contributed by atoms with van der Waals surface area (Å²) in [6.45, 7) is 3.62. The van der Waals surface area contributed by atoms with Gasteiger partial charge in [0, 0.05) is 13.1 Å². The highest BCUT2D eigenvalue weighted by Gasteiger charge is 2.16. The van der Waals surface area contributed by atoms with Crippen molar-refractivity contribution in [2.75, 3.05) is 18.0 Å². The highest BCUT2D eigenvalue weighted by atomic mass is 19.1. The fourth-order valence-electron chi connectivity index (χ4n) is 2.23. The van der Waals surface area contributed by atoms with Gasteiger partial charge in [-0.3, -0.25) is 0 Å². The molecule has 1 atom stereocenters. The SMILES string of the molecule is CC(O)Cc1ccc(N2CCCC2)c(F)c1. The van der Waals surface area contributed by atoms with Crippen LogP contribution in [0.15, 0.2) is 18.2 Å². The van der Waals surface area contributed by atoms with E-state index in [1.54, 1.807) is 13.0 Å². The number of nitrogens with zero attached hydrogens (tertiary/aromatic N) is 1. The summed E-state index contributed by atoms with van der Waals surface area (Å²) < 4.78 is 13.8. The van der Waals surface area contributed by atoms with E-state index in [1.807, 2.05) is 12.1 Å². The molecule has 0 aromatic heterocycles. The highest BCUT2D eigenvalue weighted by Crippen LogP contribution is 2.24. The molecule has 88 valence electrons. The first-order valence-corrected chi connectivity index (χ1v) is 5.88. The van der Waals surface area contributed by atoms with Crippen molar-refractivity contribution in [3.8, 4) is 0 Å². The van der Waals surface area contributed by atoms with Gasteiger partial charge in [0.1, 0.15) is 5.82 Å². The third-order valence-electron chi connectivity index (χ3n) is 2.99. The lowest BCUT2D eigenvalue weighted by Gasteiger charge is -2.19. The number of rotatable bonds is 3. The van der Waals surface area contributed by atoms with Crippen LogP contribution in [0.25, 0.3) is 0 Å². The van der Waals surface area contributed by atoms with Crippen LogP contribution < -0.4 is 4.90 Å². The Morgan fingerprint density at radius 1 is 1.38 bits per heavy atom. The lowest BCUT2D eigenvalue weighted by Crippen LogP contribution is -2.19. The molecule has 0 radical (unpaired) electrons. The second-order valence-electron chi connectivity index (χ2n) is 4.53. The Hall–Kier alpha value is -1.09. The first kappa shape index (κ1) is 11.4. The molecule has 1 aliphatic heterocycles. The van der Waals surface area contributed by atoms with Gasteiger partial charge < -0.3 is 10.0 Å². The number of aliphatic hydroxyl groups is 1. The third-order valence-corrected chi connectivity index (χ3v) is 2.99. The Bertz CT molecular complexity index is 359. The molecule has 1 fully saturated rings. The summed E-state index contributed by atoms with van der Waals surface area (Å²) in [6.07, 6.45) is 2.39. The highest BCUT2D eigenvalue weighted by molar-refractivity contribution is 5.49. The molecule has 2 rings (SSSR count). The number of hydrogen-bond donors (Lipinski definition) is 1. The third kappa shape index (κ3) is 2.53. The number of halogens is 1. The van der Waals surface area contributed by atoms with Gasteiger partial charge in [-0.2, -0.15) is 0 Å². The van der Waals surface area contributed by atoms with Crippen LogP contribution in [0.1, 0.15) is 25.3 Å². The summed E-state index contributed by atoms with van der Waals surface area (Å²) in [7, 11) is 0. The smallest absolute Gasteiger partial charge is 0.146 e. The van der Waals surface area contributed by atoms with Gasteiger partial charge in [0.2, 0.25) is 0 Å². The zero-order valence-corrected chi connectivity index (χ0v) is 9.62. The lowest BCUT2D eigenvalue weighted by molar-refractivity contribution is 0.195. The zero-order valence-electron chi connectivity index (χ0n) is 9.62. The zero-order chi connectivity index (χ0) is 11.5. The fraction of sp³-hybridized carbons (Fsp3) is 0.538. The molecule has 1 aromatic rings. The Labute approximate surface area is 95.7 Å². The van der Waals surface area contributed by atoms with E-state index in [0.29, 0.717) is 12.1 Å². The van der Waals surface area contributed by atoms with E-state index in [-0.39, 0.29) is 5.82 Å². The van der Waals surface area contributed by atoms with Crippen molar-refractivity contribution in [3.63, 3.8) is 0 Å². The van der Waals surface area contributed by atoms with Crippen molar-refractivity contribution in [2.24, 2.45) is 0 Å². The molecule has 1 unspecified atom stereocenters. The first-order chi connectivity index (χ1) is 7.66. The predicted octanol–water partition coefficient (Wildman–Crippen LogP) is 2.35. The monoisotopic (exact) mass is 223 g/mol. The summed E-state index contributed by atoms with van der Waals surface area (Å²) in [5.74, 6) is -0.167. The minimum Gasteiger partial charge on any atom is -0.393 e. The normalized spacial score (nSPS) is 17.8. The summed E-state index contributed by atoms with van der Waals surface area (Å²) in [5, 5.41) is 9.24. The maximum atomic E-state index is 13.8. The van der Waals surface area contributed by atoms with Crippen molar-refractivity contribution >= 4 is 5.69 Å². The number of benzene rings is 1. The molecule has 1 saturated heterocycles. The largest absolute Gasteiger partial charge is 0.393 e. The van der Waals surface area contributed by atoms with Crippen LogP contribution in [0.5, 0.6) is 0 Å². The van der Waals surface area contributed by atoms with Crippen LogP contribution in [0.2, 0.25) is 0 Å². The van der Waals surface area contributed by atoms with Crippen LogP contribution in [0.4, 0.5) is 10.1 Å². The fourth-order valence-corrected chi connectivity index (χ4v) is 2.23. The molecule has 0 aliphatic carbocycles. The molecule has 3 heteroatoms. The lowest BCUT2D eigenvalue weighted by atomic mass is 10.1. The quantitative estimate of drug-likeness (QED) is 0.850. The van der Waals surface area contributed by atoms with Gasteiger partial charge in [0.05, 0.1) is 11.8 Å². The minimum atomic E-state index is -0.419. The average Bonchev–Trinajstić information content (AvgIpc) is 2.69. The maximum absolute atomic E-state index is 13.8. The molecule has 1 heterocycles. The standard InChI is InChI=1S/C13H18FNO/c1-10(16)8-11-4-5-13(12(14)9-11)15-6-2-3-7-15/h4-5,9-10,16H,2-3,6-8H2,1H3. The van der Waals surface area contributed by atoms with Gasteiger partial charge in [0.25, 0.3) is 0 Å². The second kappa shape index (κ2) is 4.83. The Balaban J connectivity index is 2.15. The number of aliphatic hydroxyl groups excluding tert-OH is 1.